The summed E-state index contributed by atoms with van der Waals surface area (Å²) in [6.07, 6.45) is 10.0. The van der Waals surface area contributed by atoms with Gasteiger partial charge in [0.15, 0.2) is 11.5 Å². The first-order valence-corrected chi connectivity index (χ1v) is 14.5. The number of hydroxylamine groups is 2. The largest absolute Gasteiger partial charge is 0.481 e. The van der Waals surface area contributed by atoms with E-state index >= 15 is 0 Å². The molecule has 1 saturated heterocycles. The quantitative estimate of drug-likeness (QED) is 0.330. The van der Waals surface area contributed by atoms with Gasteiger partial charge in [0.1, 0.15) is 0 Å². The van der Waals surface area contributed by atoms with Gasteiger partial charge in [-0.3, -0.25) is 24.3 Å². The number of fused-ring (bicyclic) bond motifs is 1. The van der Waals surface area contributed by atoms with Crippen molar-refractivity contribution in [3.8, 4) is 11.5 Å². The van der Waals surface area contributed by atoms with Crippen molar-refractivity contribution >= 4 is 17.6 Å². The van der Waals surface area contributed by atoms with Crippen LogP contribution in [-0.2, 0) is 14.4 Å². The highest BCUT2D eigenvalue weighted by Gasteiger charge is 2.47. The topological polar surface area (TPSA) is 101 Å². The maximum Gasteiger partial charge on any atom is 0.308 e. The summed E-state index contributed by atoms with van der Waals surface area (Å²) in [5, 5.41) is 12.0. The number of ether oxygens (including phenoxy) is 2. The number of amides is 1. The van der Waals surface area contributed by atoms with Crippen LogP contribution in [0, 0.1) is 11.8 Å². The molecule has 3 heterocycles. The van der Waals surface area contributed by atoms with Gasteiger partial charge < -0.3 is 14.6 Å². The number of benzene rings is 1. The minimum absolute atomic E-state index is 0.115. The van der Waals surface area contributed by atoms with Crippen LogP contribution in [0.4, 0.5) is 0 Å². The summed E-state index contributed by atoms with van der Waals surface area (Å²) in [4.78, 5) is 38.7. The fourth-order valence-electron chi connectivity index (χ4n) is 6.06. The summed E-state index contributed by atoms with van der Waals surface area (Å²) in [7, 11) is 0. The Kier molecular flexibility index (Phi) is 10.4. The van der Waals surface area contributed by atoms with E-state index in [9.17, 15) is 14.7 Å². The number of hydrogen-bond acceptors (Lipinski definition) is 7. The Morgan fingerprint density at radius 3 is 2.69 bits per heavy atom. The molecule has 39 heavy (non-hydrogen) atoms. The second kappa shape index (κ2) is 13.9. The zero-order valence-corrected chi connectivity index (χ0v) is 23.5. The Balaban J connectivity index is 1.59. The van der Waals surface area contributed by atoms with Crippen molar-refractivity contribution in [3.63, 3.8) is 0 Å². The molecule has 3 aliphatic rings. The number of carboxylic acid groups (broad SMARTS) is 1. The third-order valence-corrected chi connectivity index (χ3v) is 7.92. The number of nitrogens with zero attached hydrogens (tertiary/aromatic N) is 3. The number of likely N-dealkylation sites (tertiary alicyclic amines) is 1. The molecule has 1 aromatic rings. The SMILES string of the molecule is CCCON(CCC)C(=O)CN1C[C@H](c2ccc3c(c2)OCO3)[C@@H](C(=O)O)[C@@H]1CCC1=NC=CC[C@@H]1CCC. The second-order valence-electron chi connectivity index (χ2n) is 10.7. The van der Waals surface area contributed by atoms with Crippen molar-refractivity contribution < 1.29 is 29.0 Å². The molecule has 1 amide bonds. The maximum atomic E-state index is 13.4. The van der Waals surface area contributed by atoms with E-state index < -0.39 is 11.9 Å². The smallest absolute Gasteiger partial charge is 0.308 e. The van der Waals surface area contributed by atoms with Crippen LogP contribution in [0.5, 0.6) is 11.5 Å². The van der Waals surface area contributed by atoms with E-state index in [1.807, 2.05) is 38.2 Å². The molecule has 0 spiro atoms. The van der Waals surface area contributed by atoms with E-state index in [-0.39, 0.29) is 31.2 Å². The lowest BCUT2D eigenvalue weighted by Crippen LogP contribution is -2.44. The van der Waals surface area contributed by atoms with Crippen LogP contribution in [0.3, 0.4) is 0 Å². The lowest BCUT2D eigenvalue weighted by molar-refractivity contribution is -0.188. The molecule has 0 saturated carbocycles. The Bertz CT molecular complexity index is 1060. The van der Waals surface area contributed by atoms with Crippen molar-refractivity contribution in [2.45, 2.75) is 77.7 Å². The molecular weight excluding hydrogens is 498 g/mol. The number of aliphatic carboxylic acids is 1. The van der Waals surface area contributed by atoms with E-state index in [0.29, 0.717) is 50.0 Å². The average molecular weight is 542 g/mol. The van der Waals surface area contributed by atoms with Gasteiger partial charge in [-0.25, -0.2) is 5.06 Å². The lowest BCUT2D eigenvalue weighted by atomic mass is 9.82. The standard InChI is InChI=1S/C30H43N3O6/c1-4-8-21-9-7-14-31-24(21)11-12-25-29(30(35)36)23(22-10-13-26-27(17-22)38-20-37-26)18-32(25)19-28(34)33(15-5-2)39-16-6-3/h7,10,13-14,17,21,23,25,29H,4-6,8-9,11-12,15-16,18-20H2,1-3H3,(H,35,36)/t21-,23+,25-,29+/m0/s1. The van der Waals surface area contributed by atoms with Crippen LogP contribution < -0.4 is 9.47 Å². The highest BCUT2D eigenvalue weighted by Crippen LogP contribution is 2.43. The molecule has 3 aliphatic heterocycles. The molecule has 9 heteroatoms. The van der Waals surface area contributed by atoms with E-state index in [1.165, 1.54) is 5.06 Å². The van der Waals surface area contributed by atoms with Crippen LogP contribution >= 0.6 is 0 Å². The number of carbonyl (C=O) groups is 2. The lowest BCUT2D eigenvalue weighted by Gasteiger charge is -2.30. The van der Waals surface area contributed by atoms with Crippen molar-refractivity contribution in [1.29, 1.82) is 0 Å². The zero-order valence-electron chi connectivity index (χ0n) is 23.5. The van der Waals surface area contributed by atoms with Gasteiger partial charge in [-0.2, -0.15) is 0 Å². The number of allylic oxidation sites excluding steroid dienone is 1. The maximum absolute atomic E-state index is 13.4. The summed E-state index contributed by atoms with van der Waals surface area (Å²) in [5.74, 6) is -0.235. The molecule has 214 valence electrons. The minimum Gasteiger partial charge on any atom is -0.481 e. The van der Waals surface area contributed by atoms with Crippen molar-refractivity contribution in [3.05, 3.63) is 36.0 Å². The first-order chi connectivity index (χ1) is 19.0. The predicted molar refractivity (Wildman–Crippen MR) is 149 cm³/mol. The van der Waals surface area contributed by atoms with Gasteiger partial charge in [-0.15, -0.1) is 0 Å². The number of aliphatic imine (C=N–C) groups is 1. The molecule has 4 rings (SSSR count). The van der Waals surface area contributed by atoms with Gasteiger partial charge in [0, 0.05) is 42.9 Å². The van der Waals surface area contributed by atoms with Gasteiger partial charge in [0.05, 0.1) is 19.1 Å². The van der Waals surface area contributed by atoms with Crippen LogP contribution in [0.15, 0.2) is 35.5 Å². The third kappa shape index (κ3) is 7.00. The van der Waals surface area contributed by atoms with E-state index in [2.05, 4.69) is 17.9 Å². The van der Waals surface area contributed by atoms with E-state index in [4.69, 9.17) is 19.3 Å². The highest BCUT2D eigenvalue weighted by atomic mass is 16.7. The number of carboxylic acids is 1. The molecule has 4 atom stereocenters. The first kappa shape index (κ1) is 29.1. The Labute approximate surface area is 231 Å². The summed E-state index contributed by atoms with van der Waals surface area (Å²) >= 11 is 0. The molecule has 1 N–H and O–H groups in total. The normalized spacial score (nSPS) is 24.1. The molecule has 1 aromatic carbocycles. The Hall–Kier alpha value is -2.91. The van der Waals surface area contributed by atoms with Crippen molar-refractivity contribution in [2.24, 2.45) is 16.8 Å². The van der Waals surface area contributed by atoms with Gasteiger partial charge in [-0.05, 0) is 56.2 Å². The van der Waals surface area contributed by atoms with Crippen LogP contribution in [-0.4, -0.2) is 71.7 Å². The summed E-state index contributed by atoms with van der Waals surface area (Å²) < 4.78 is 11.1. The Morgan fingerprint density at radius 1 is 1.13 bits per heavy atom. The minimum atomic E-state index is -0.846. The monoisotopic (exact) mass is 541 g/mol. The van der Waals surface area contributed by atoms with Gasteiger partial charge in [0.25, 0.3) is 5.91 Å². The molecule has 0 unspecified atom stereocenters. The highest BCUT2D eigenvalue weighted by molar-refractivity contribution is 5.88. The fraction of sp³-hybridized carbons (Fsp3) is 0.633. The molecular formula is C30H43N3O6. The number of rotatable bonds is 14. The van der Waals surface area contributed by atoms with Crippen LogP contribution in [0.2, 0.25) is 0 Å². The van der Waals surface area contributed by atoms with Crippen molar-refractivity contribution in [1.82, 2.24) is 9.96 Å². The van der Waals surface area contributed by atoms with Crippen LogP contribution in [0.1, 0.15) is 77.2 Å². The molecule has 0 aliphatic carbocycles. The van der Waals surface area contributed by atoms with Gasteiger partial charge >= 0.3 is 5.97 Å². The average Bonchev–Trinajstić information content (AvgIpc) is 3.54. The van der Waals surface area contributed by atoms with Gasteiger partial charge in [0.2, 0.25) is 6.79 Å². The first-order valence-electron chi connectivity index (χ1n) is 14.5. The zero-order chi connectivity index (χ0) is 27.8. The van der Waals surface area contributed by atoms with E-state index in [0.717, 1.165) is 43.4 Å². The second-order valence-corrected chi connectivity index (χ2v) is 10.7. The molecule has 0 radical (unpaired) electrons. The summed E-state index contributed by atoms with van der Waals surface area (Å²) in [5.41, 5.74) is 2.03. The number of hydrogen-bond donors (Lipinski definition) is 1. The summed E-state index contributed by atoms with van der Waals surface area (Å²) in [6, 6.07) is 5.36. The fourth-order valence-corrected chi connectivity index (χ4v) is 6.06. The van der Waals surface area contributed by atoms with E-state index in [1.54, 1.807) is 0 Å². The molecule has 0 bridgehead atoms. The number of carbonyl (C=O) groups excluding carboxylic acids is 1. The van der Waals surface area contributed by atoms with Gasteiger partial charge in [-0.1, -0.05) is 39.3 Å². The third-order valence-electron chi connectivity index (χ3n) is 7.92. The van der Waals surface area contributed by atoms with Crippen LogP contribution in [0.25, 0.3) is 0 Å². The summed E-state index contributed by atoms with van der Waals surface area (Å²) in [6.45, 7) is 7.92. The molecule has 1 fully saturated rings. The predicted octanol–water partition coefficient (Wildman–Crippen LogP) is 5.02. The molecule has 0 aromatic heterocycles. The molecule has 9 nitrogen and oxygen atoms in total. The Morgan fingerprint density at radius 2 is 1.95 bits per heavy atom. The van der Waals surface area contributed by atoms with Crippen molar-refractivity contribution in [2.75, 3.05) is 33.0 Å².